The van der Waals surface area contributed by atoms with Gasteiger partial charge in [0.15, 0.2) is 0 Å². The minimum absolute atomic E-state index is 0.128. The number of hydrogen-bond donors (Lipinski definition) is 1. The summed E-state index contributed by atoms with van der Waals surface area (Å²) in [5.74, 6) is 0.372. The maximum Gasteiger partial charge on any atom is 0.119 e. The summed E-state index contributed by atoms with van der Waals surface area (Å²) in [5, 5.41) is 10.4. The van der Waals surface area contributed by atoms with Crippen molar-refractivity contribution in [1.82, 2.24) is 0 Å². The van der Waals surface area contributed by atoms with Crippen LogP contribution in [0.4, 0.5) is 0 Å². The number of rotatable bonds is 3. The molecule has 0 radical (unpaired) electrons. The van der Waals surface area contributed by atoms with Gasteiger partial charge in [-0.15, -0.1) is 0 Å². The normalized spacial score (nSPS) is 12.8. The van der Waals surface area contributed by atoms with Crippen LogP contribution in [-0.2, 0) is 10.7 Å². The average Bonchev–Trinajstić information content (AvgIpc) is 2.14. The van der Waals surface area contributed by atoms with Gasteiger partial charge in [0.2, 0.25) is 0 Å². The van der Waals surface area contributed by atoms with Crippen LogP contribution < -0.4 is 0 Å². The predicted molar refractivity (Wildman–Crippen MR) is 77.8 cm³/mol. The summed E-state index contributed by atoms with van der Waals surface area (Å²) in [4.78, 5) is 0. The van der Waals surface area contributed by atoms with E-state index in [0.717, 1.165) is 12.0 Å². The van der Waals surface area contributed by atoms with Crippen molar-refractivity contribution in [2.45, 2.75) is 51.8 Å². The Morgan fingerprint density at radius 2 is 1.71 bits per heavy atom. The fourth-order valence-electron chi connectivity index (χ4n) is 2.54. The minimum Gasteiger partial charge on any atom is -0.508 e. The molecule has 0 aromatic heterocycles. The van der Waals surface area contributed by atoms with Gasteiger partial charge in [-0.25, -0.2) is 0 Å². The first-order valence-corrected chi connectivity index (χ1v) is 7.16. The Kier molecular flexibility index (Phi) is 4.29. The summed E-state index contributed by atoms with van der Waals surface area (Å²) in [6, 6.07) is 5.94. The lowest BCUT2D eigenvalue weighted by Gasteiger charge is -2.33. The Morgan fingerprint density at radius 3 is 2.18 bits per heavy atom. The summed E-state index contributed by atoms with van der Waals surface area (Å²) >= 11 is 3.41. The second kappa shape index (κ2) is 5.01. The highest BCUT2D eigenvalue weighted by Gasteiger charge is 2.27. The van der Waals surface area contributed by atoms with Crippen molar-refractivity contribution in [1.29, 1.82) is 0 Å². The Hall–Kier alpha value is -0.500. The molecule has 1 N–H and O–H groups in total. The van der Waals surface area contributed by atoms with E-state index in [-0.39, 0.29) is 5.41 Å². The Bertz CT molecular complexity index is 388. The molecule has 0 saturated carbocycles. The van der Waals surface area contributed by atoms with Gasteiger partial charge < -0.3 is 5.11 Å². The molecule has 0 spiro atoms. The number of aromatic hydroxyl groups is 1. The zero-order valence-electron chi connectivity index (χ0n) is 11.5. The number of phenolic OH excluding ortho intramolecular Hbond substituents is 1. The predicted octanol–water partition coefficient (Wildman–Crippen LogP) is 5.00. The molecular formula is C15H23BrO. The number of benzene rings is 1. The van der Waals surface area contributed by atoms with E-state index in [1.165, 1.54) is 5.56 Å². The highest BCUT2D eigenvalue weighted by Crippen LogP contribution is 2.37. The molecule has 0 atom stereocenters. The first-order chi connectivity index (χ1) is 7.65. The molecule has 17 heavy (non-hydrogen) atoms. The van der Waals surface area contributed by atoms with E-state index >= 15 is 0 Å². The van der Waals surface area contributed by atoms with Crippen LogP contribution in [-0.4, -0.2) is 5.11 Å². The van der Waals surface area contributed by atoms with E-state index in [9.17, 15) is 5.11 Å². The van der Waals surface area contributed by atoms with Crippen molar-refractivity contribution in [3.63, 3.8) is 0 Å². The van der Waals surface area contributed by atoms with Gasteiger partial charge in [-0.3, -0.25) is 0 Å². The number of halogens is 1. The molecule has 1 rings (SSSR count). The minimum atomic E-state index is 0.128. The van der Waals surface area contributed by atoms with Crippen molar-refractivity contribution >= 4 is 15.9 Å². The van der Waals surface area contributed by atoms with Crippen LogP contribution in [0.15, 0.2) is 18.2 Å². The van der Waals surface area contributed by atoms with Crippen LogP contribution in [0.5, 0.6) is 5.75 Å². The monoisotopic (exact) mass is 298 g/mol. The van der Waals surface area contributed by atoms with Crippen LogP contribution in [0.2, 0.25) is 0 Å². The van der Waals surface area contributed by atoms with Crippen LogP contribution in [0, 0.1) is 5.41 Å². The largest absolute Gasteiger partial charge is 0.508 e. The fraction of sp³-hybridized carbons (Fsp3) is 0.600. The molecule has 1 nitrogen and oxygen atoms in total. The third kappa shape index (κ3) is 4.02. The zero-order valence-corrected chi connectivity index (χ0v) is 13.1. The molecule has 0 bridgehead atoms. The van der Waals surface area contributed by atoms with Gasteiger partial charge in [0.05, 0.1) is 0 Å². The fourth-order valence-corrected chi connectivity index (χ4v) is 2.99. The second-order valence-corrected chi connectivity index (χ2v) is 7.16. The van der Waals surface area contributed by atoms with Crippen molar-refractivity contribution < 1.29 is 5.11 Å². The molecule has 2 heteroatoms. The third-order valence-corrected chi connectivity index (χ3v) is 3.58. The molecular weight excluding hydrogens is 276 g/mol. The lowest BCUT2D eigenvalue weighted by atomic mass is 9.72. The highest BCUT2D eigenvalue weighted by atomic mass is 79.9. The molecule has 0 aliphatic carbocycles. The Morgan fingerprint density at radius 1 is 1.12 bits per heavy atom. The van der Waals surface area contributed by atoms with Crippen LogP contribution >= 0.6 is 15.9 Å². The maximum absolute atomic E-state index is 9.70. The van der Waals surface area contributed by atoms with E-state index in [0.29, 0.717) is 16.5 Å². The summed E-state index contributed by atoms with van der Waals surface area (Å²) in [7, 11) is 0. The van der Waals surface area contributed by atoms with Crippen molar-refractivity contribution in [3.8, 4) is 5.75 Å². The lowest BCUT2D eigenvalue weighted by molar-refractivity contribution is 0.284. The van der Waals surface area contributed by atoms with Crippen LogP contribution in [0.1, 0.15) is 52.2 Å². The van der Waals surface area contributed by atoms with Crippen molar-refractivity contribution in [2.24, 2.45) is 5.41 Å². The van der Waals surface area contributed by atoms with Crippen molar-refractivity contribution in [3.05, 3.63) is 29.3 Å². The molecule has 0 aliphatic heterocycles. The van der Waals surface area contributed by atoms with Crippen LogP contribution in [0.25, 0.3) is 0 Å². The molecule has 0 amide bonds. The molecule has 0 saturated heterocycles. The smallest absolute Gasteiger partial charge is 0.119 e. The van der Waals surface area contributed by atoms with Gasteiger partial charge in [-0.2, -0.15) is 0 Å². The van der Waals surface area contributed by atoms with Gasteiger partial charge in [-0.1, -0.05) is 62.7 Å². The number of phenols is 1. The molecule has 0 aliphatic rings. The number of hydrogen-bond acceptors (Lipinski definition) is 1. The Labute approximate surface area is 113 Å². The SMILES string of the molecule is CC(C)(C)CC(C)(C)c1ccc(O)c(CBr)c1. The molecule has 1 aromatic carbocycles. The van der Waals surface area contributed by atoms with E-state index in [4.69, 9.17) is 0 Å². The van der Waals surface area contributed by atoms with Gasteiger partial charge in [-0.05, 0) is 28.9 Å². The van der Waals surface area contributed by atoms with E-state index in [2.05, 4.69) is 56.6 Å². The summed E-state index contributed by atoms with van der Waals surface area (Å²) in [5.41, 5.74) is 2.68. The third-order valence-electron chi connectivity index (χ3n) is 2.98. The molecule has 0 unspecified atom stereocenters. The van der Waals surface area contributed by atoms with E-state index in [1.54, 1.807) is 6.07 Å². The maximum atomic E-state index is 9.70. The van der Waals surface area contributed by atoms with Crippen molar-refractivity contribution in [2.75, 3.05) is 0 Å². The molecule has 96 valence electrons. The lowest BCUT2D eigenvalue weighted by Crippen LogP contribution is -2.24. The Balaban J connectivity index is 3.06. The van der Waals surface area contributed by atoms with Gasteiger partial charge in [0.1, 0.15) is 5.75 Å². The standard InChI is InChI=1S/C15H23BrO/c1-14(2,3)10-15(4,5)12-6-7-13(17)11(8-12)9-16/h6-8,17H,9-10H2,1-5H3. The summed E-state index contributed by atoms with van der Waals surface area (Å²) in [6.07, 6.45) is 1.12. The van der Waals surface area contributed by atoms with E-state index in [1.807, 2.05) is 6.07 Å². The van der Waals surface area contributed by atoms with Crippen LogP contribution in [0.3, 0.4) is 0 Å². The molecule has 0 fully saturated rings. The molecule has 1 aromatic rings. The first-order valence-electron chi connectivity index (χ1n) is 6.04. The molecule has 0 heterocycles. The number of alkyl halides is 1. The summed E-state index contributed by atoms with van der Waals surface area (Å²) in [6.45, 7) is 11.3. The highest BCUT2D eigenvalue weighted by molar-refractivity contribution is 9.08. The second-order valence-electron chi connectivity index (χ2n) is 6.60. The van der Waals surface area contributed by atoms with E-state index < -0.39 is 0 Å². The van der Waals surface area contributed by atoms with Gasteiger partial charge in [0, 0.05) is 10.9 Å². The average molecular weight is 299 g/mol. The summed E-state index contributed by atoms with van der Waals surface area (Å²) < 4.78 is 0. The topological polar surface area (TPSA) is 20.2 Å². The quantitative estimate of drug-likeness (QED) is 0.779. The van der Waals surface area contributed by atoms with Gasteiger partial charge >= 0.3 is 0 Å². The first kappa shape index (κ1) is 14.6. The van der Waals surface area contributed by atoms with Gasteiger partial charge in [0.25, 0.3) is 0 Å². The zero-order chi connectivity index (χ0) is 13.3.